The van der Waals surface area contributed by atoms with E-state index in [1.54, 1.807) is 0 Å². The zero-order valence-electron chi connectivity index (χ0n) is 6.48. The zero-order valence-corrected chi connectivity index (χ0v) is 6.48. The van der Waals surface area contributed by atoms with E-state index in [0.717, 1.165) is 6.92 Å². The van der Waals surface area contributed by atoms with Gasteiger partial charge in [-0.1, -0.05) is 0 Å². The summed E-state index contributed by atoms with van der Waals surface area (Å²) in [5, 5.41) is 7.42. The van der Waals surface area contributed by atoms with Crippen LogP contribution in [0.4, 0.5) is 0 Å². The minimum absolute atomic E-state index is 0.121. The third-order valence-electron chi connectivity index (χ3n) is 0.824. The van der Waals surface area contributed by atoms with Gasteiger partial charge in [0.2, 0.25) is 0 Å². The number of allylic oxidation sites excluding steroid dienone is 4. The maximum Gasteiger partial charge on any atom is 0.300 e. The molecule has 12 heavy (non-hydrogen) atoms. The first-order valence-corrected chi connectivity index (χ1v) is 3.16. The van der Waals surface area contributed by atoms with E-state index in [4.69, 9.17) is 9.90 Å². The minimum atomic E-state index is -0.833. The largest absolute Gasteiger partial charge is 0.481 e. The Morgan fingerprint density at radius 2 is 1.25 bits per heavy atom. The second kappa shape index (κ2) is 5.01. The molecule has 0 fully saturated rings. The van der Waals surface area contributed by atoms with E-state index in [1.165, 1.54) is 24.3 Å². The molecule has 0 aliphatic heterocycles. The van der Waals surface area contributed by atoms with Crippen molar-refractivity contribution in [3.63, 3.8) is 0 Å². The van der Waals surface area contributed by atoms with Crippen molar-refractivity contribution in [2.75, 3.05) is 0 Å². The van der Waals surface area contributed by atoms with Gasteiger partial charge in [-0.05, 0) is 24.3 Å². The van der Waals surface area contributed by atoms with Gasteiger partial charge in [-0.2, -0.15) is 0 Å². The molecular formula is C8H8O4. The molecule has 0 bridgehead atoms. The molecule has 0 spiro atoms. The molecule has 1 aliphatic carbocycles. The third-order valence-corrected chi connectivity index (χ3v) is 0.824. The van der Waals surface area contributed by atoms with Gasteiger partial charge in [-0.3, -0.25) is 14.4 Å². The highest BCUT2D eigenvalue weighted by Gasteiger charge is 1.97. The molecule has 0 amide bonds. The smallest absolute Gasteiger partial charge is 0.300 e. The second-order valence-corrected chi connectivity index (χ2v) is 1.99. The molecule has 0 aromatic rings. The normalized spacial score (nSPS) is 13.8. The van der Waals surface area contributed by atoms with Crippen LogP contribution in [-0.4, -0.2) is 22.6 Å². The van der Waals surface area contributed by atoms with Crippen molar-refractivity contribution in [1.82, 2.24) is 0 Å². The number of carbonyl (C=O) groups is 3. The molecule has 0 atom stereocenters. The molecule has 0 saturated heterocycles. The lowest BCUT2D eigenvalue weighted by molar-refractivity contribution is -0.134. The van der Waals surface area contributed by atoms with Gasteiger partial charge in [0, 0.05) is 6.92 Å². The Hall–Kier alpha value is -1.71. The van der Waals surface area contributed by atoms with Crippen LogP contribution in [-0.2, 0) is 14.4 Å². The molecule has 0 radical (unpaired) electrons. The van der Waals surface area contributed by atoms with Crippen LogP contribution >= 0.6 is 0 Å². The summed E-state index contributed by atoms with van der Waals surface area (Å²) in [6.45, 7) is 1.08. The molecule has 0 unspecified atom stereocenters. The Bertz CT molecular complexity index is 218. The molecule has 0 heterocycles. The maximum absolute atomic E-state index is 10.3. The molecule has 0 aromatic heterocycles. The van der Waals surface area contributed by atoms with E-state index in [2.05, 4.69) is 0 Å². The second-order valence-electron chi connectivity index (χ2n) is 1.99. The highest BCUT2D eigenvalue weighted by molar-refractivity contribution is 6.14. The number of rotatable bonds is 0. The SMILES string of the molecule is CC(=O)O.O=C1C=CC(=O)C=C1. The molecule has 1 rings (SSSR count). The van der Waals surface area contributed by atoms with Crippen LogP contribution in [0.3, 0.4) is 0 Å². The van der Waals surface area contributed by atoms with Crippen LogP contribution in [0, 0.1) is 0 Å². The lowest BCUT2D eigenvalue weighted by atomic mass is 10.2. The van der Waals surface area contributed by atoms with Crippen LogP contribution in [0.2, 0.25) is 0 Å². The van der Waals surface area contributed by atoms with Gasteiger partial charge in [0.15, 0.2) is 11.6 Å². The monoisotopic (exact) mass is 168 g/mol. The Balaban J connectivity index is 0.000000261. The molecule has 4 heteroatoms. The van der Waals surface area contributed by atoms with Gasteiger partial charge in [0.1, 0.15) is 0 Å². The topological polar surface area (TPSA) is 71.4 Å². The fraction of sp³-hybridized carbons (Fsp3) is 0.125. The molecular weight excluding hydrogens is 160 g/mol. The van der Waals surface area contributed by atoms with Crippen LogP contribution < -0.4 is 0 Å². The van der Waals surface area contributed by atoms with E-state index >= 15 is 0 Å². The van der Waals surface area contributed by atoms with Crippen molar-refractivity contribution in [3.8, 4) is 0 Å². The molecule has 1 N–H and O–H groups in total. The number of hydrogen-bond donors (Lipinski definition) is 1. The van der Waals surface area contributed by atoms with Crippen LogP contribution in [0.25, 0.3) is 0 Å². The van der Waals surface area contributed by atoms with Gasteiger partial charge in [-0.15, -0.1) is 0 Å². The molecule has 4 nitrogen and oxygen atoms in total. The number of hydrogen-bond acceptors (Lipinski definition) is 3. The molecule has 1 aliphatic rings. The summed E-state index contributed by atoms with van der Waals surface area (Å²) in [6, 6.07) is 0. The summed E-state index contributed by atoms with van der Waals surface area (Å²) in [6.07, 6.45) is 5.01. The summed E-state index contributed by atoms with van der Waals surface area (Å²) in [5.74, 6) is -1.07. The lowest BCUT2D eigenvalue weighted by Crippen LogP contribution is -1.97. The predicted octanol–water partition coefficient (Wildman–Crippen LogP) is 0.341. The van der Waals surface area contributed by atoms with Crippen LogP contribution in [0.15, 0.2) is 24.3 Å². The van der Waals surface area contributed by atoms with Crippen molar-refractivity contribution in [3.05, 3.63) is 24.3 Å². The number of carboxylic acid groups (broad SMARTS) is 1. The Morgan fingerprint density at radius 3 is 1.42 bits per heavy atom. The first kappa shape index (κ1) is 10.3. The quantitative estimate of drug-likeness (QED) is 0.529. The highest BCUT2D eigenvalue weighted by atomic mass is 16.4. The minimum Gasteiger partial charge on any atom is -0.481 e. The summed E-state index contributed by atoms with van der Waals surface area (Å²) in [7, 11) is 0. The average Bonchev–Trinajstić information content (AvgIpc) is 1.94. The van der Waals surface area contributed by atoms with Crippen molar-refractivity contribution >= 4 is 17.5 Å². The van der Waals surface area contributed by atoms with Crippen molar-refractivity contribution in [1.29, 1.82) is 0 Å². The van der Waals surface area contributed by atoms with E-state index in [-0.39, 0.29) is 11.6 Å². The van der Waals surface area contributed by atoms with Crippen LogP contribution in [0.1, 0.15) is 6.92 Å². The molecule has 0 saturated carbocycles. The lowest BCUT2D eigenvalue weighted by Gasteiger charge is -1.87. The summed E-state index contributed by atoms with van der Waals surface area (Å²) in [4.78, 5) is 29.6. The van der Waals surface area contributed by atoms with Crippen molar-refractivity contribution in [2.24, 2.45) is 0 Å². The van der Waals surface area contributed by atoms with Gasteiger partial charge < -0.3 is 5.11 Å². The fourth-order valence-corrected chi connectivity index (χ4v) is 0.440. The highest BCUT2D eigenvalue weighted by Crippen LogP contribution is 1.90. The summed E-state index contributed by atoms with van der Waals surface area (Å²) < 4.78 is 0. The van der Waals surface area contributed by atoms with Gasteiger partial charge >= 0.3 is 0 Å². The van der Waals surface area contributed by atoms with E-state index in [1.807, 2.05) is 0 Å². The predicted molar refractivity (Wildman–Crippen MR) is 41.6 cm³/mol. The maximum atomic E-state index is 10.3. The summed E-state index contributed by atoms with van der Waals surface area (Å²) >= 11 is 0. The van der Waals surface area contributed by atoms with E-state index < -0.39 is 5.97 Å². The molecule has 0 aromatic carbocycles. The molecule has 64 valence electrons. The van der Waals surface area contributed by atoms with Crippen molar-refractivity contribution < 1.29 is 19.5 Å². The third kappa shape index (κ3) is 6.41. The zero-order chi connectivity index (χ0) is 9.56. The average molecular weight is 168 g/mol. The van der Waals surface area contributed by atoms with E-state index in [9.17, 15) is 9.59 Å². The first-order chi connectivity index (χ1) is 5.52. The number of carboxylic acids is 1. The van der Waals surface area contributed by atoms with Gasteiger partial charge in [0.25, 0.3) is 5.97 Å². The fourth-order valence-electron chi connectivity index (χ4n) is 0.440. The van der Waals surface area contributed by atoms with E-state index in [0.29, 0.717) is 0 Å². The standard InChI is InChI=1S/C6H4O2.C2H4O2/c7-5-1-2-6(8)4-3-5;1-2(3)4/h1-4H;1H3,(H,3,4). The number of aliphatic carboxylic acids is 1. The summed E-state index contributed by atoms with van der Waals surface area (Å²) in [5.41, 5.74) is 0. The Labute approximate surface area is 69.2 Å². The Kier molecular flexibility index (Phi) is 4.30. The first-order valence-electron chi connectivity index (χ1n) is 3.16. The van der Waals surface area contributed by atoms with Gasteiger partial charge in [0.05, 0.1) is 0 Å². The number of carbonyl (C=O) groups excluding carboxylic acids is 2. The van der Waals surface area contributed by atoms with Crippen LogP contribution in [0.5, 0.6) is 0 Å². The number of ketones is 2. The Morgan fingerprint density at radius 1 is 1.08 bits per heavy atom. The van der Waals surface area contributed by atoms with Gasteiger partial charge in [-0.25, -0.2) is 0 Å². The van der Waals surface area contributed by atoms with Crippen molar-refractivity contribution in [2.45, 2.75) is 6.92 Å².